The first-order chi connectivity index (χ1) is 10.8. The molecule has 0 fully saturated rings. The van der Waals surface area contributed by atoms with Crippen molar-refractivity contribution in [1.29, 1.82) is 0 Å². The molecule has 0 N–H and O–H groups in total. The minimum absolute atomic E-state index is 0.0464. The molecule has 0 aliphatic carbocycles. The average Bonchev–Trinajstić information content (AvgIpc) is 2.53. The smallest absolute Gasteiger partial charge is 0.243 e. The number of carboxylic acids is 1. The molecule has 0 saturated carbocycles. The van der Waals surface area contributed by atoms with E-state index in [-0.39, 0.29) is 11.3 Å². The molecule has 0 bridgehead atoms. The number of carbonyl (C=O) groups is 1. The van der Waals surface area contributed by atoms with Crippen LogP contribution in [-0.4, -0.2) is 31.8 Å². The Labute approximate surface area is 136 Å². The zero-order chi connectivity index (χ0) is 17.0. The second-order valence-corrected chi connectivity index (χ2v) is 7.36. The van der Waals surface area contributed by atoms with Crippen LogP contribution in [0.3, 0.4) is 0 Å². The second-order valence-electron chi connectivity index (χ2n) is 5.36. The minimum Gasteiger partial charge on any atom is -0.548 e. The van der Waals surface area contributed by atoms with Crippen LogP contribution >= 0.6 is 0 Å². The summed E-state index contributed by atoms with van der Waals surface area (Å²) < 4.78 is 26.1. The van der Waals surface area contributed by atoms with Gasteiger partial charge in [0.05, 0.1) is 16.9 Å². The van der Waals surface area contributed by atoms with E-state index >= 15 is 0 Å². The number of rotatable bonds is 6. The summed E-state index contributed by atoms with van der Waals surface area (Å²) in [4.78, 5) is 11.5. The van der Waals surface area contributed by atoms with Gasteiger partial charge in [-0.3, -0.25) is 0 Å². The molecule has 0 aliphatic rings. The summed E-state index contributed by atoms with van der Waals surface area (Å²) in [7, 11) is -2.65. The van der Waals surface area contributed by atoms with Gasteiger partial charge < -0.3 is 9.90 Å². The fourth-order valence-electron chi connectivity index (χ4n) is 2.24. The van der Waals surface area contributed by atoms with Crippen LogP contribution in [0.15, 0.2) is 59.5 Å². The monoisotopic (exact) mass is 332 g/mol. The van der Waals surface area contributed by atoms with E-state index in [9.17, 15) is 18.3 Å². The van der Waals surface area contributed by atoms with Crippen molar-refractivity contribution in [2.75, 3.05) is 7.05 Å². The lowest BCUT2D eigenvalue weighted by molar-refractivity contribution is -0.310. The molecule has 0 saturated heterocycles. The first-order valence-corrected chi connectivity index (χ1v) is 8.56. The van der Waals surface area contributed by atoms with Crippen LogP contribution in [0.1, 0.15) is 11.1 Å². The van der Waals surface area contributed by atoms with Gasteiger partial charge in [0, 0.05) is 7.05 Å². The lowest BCUT2D eigenvalue weighted by Gasteiger charge is -2.28. The highest BCUT2D eigenvalue weighted by atomic mass is 32.2. The van der Waals surface area contributed by atoms with Gasteiger partial charge in [0.1, 0.15) is 0 Å². The molecule has 5 nitrogen and oxygen atoms in total. The van der Waals surface area contributed by atoms with E-state index in [1.54, 1.807) is 36.4 Å². The summed E-state index contributed by atoms with van der Waals surface area (Å²) in [5.41, 5.74) is 1.65. The first-order valence-electron chi connectivity index (χ1n) is 7.12. The van der Waals surface area contributed by atoms with E-state index in [2.05, 4.69) is 0 Å². The third-order valence-corrected chi connectivity index (χ3v) is 5.56. The molecule has 2 rings (SSSR count). The van der Waals surface area contributed by atoms with Gasteiger partial charge in [0.15, 0.2) is 0 Å². The van der Waals surface area contributed by atoms with Crippen molar-refractivity contribution in [3.05, 3.63) is 65.7 Å². The number of likely N-dealkylation sites (N-methyl/N-ethyl adjacent to an activating group) is 1. The van der Waals surface area contributed by atoms with Crippen LogP contribution in [0.25, 0.3) is 0 Å². The molecule has 0 amide bonds. The van der Waals surface area contributed by atoms with Crippen LogP contribution in [-0.2, 0) is 21.2 Å². The lowest BCUT2D eigenvalue weighted by Crippen LogP contribution is -2.49. The first kappa shape index (κ1) is 17.2. The molecule has 2 aromatic rings. The zero-order valence-corrected chi connectivity index (χ0v) is 13.8. The summed E-state index contributed by atoms with van der Waals surface area (Å²) in [5, 5.41) is 11.5. The number of hydrogen-bond acceptors (Lipinski definition) is 4. The molecular weight excluding hydrogens is 314 g/mol. The Balaban J connectivity index is 2.31. The van der Waals surface area contributed by atoms with Gasteiger partial charge in [-0.25, -0.2) is 8.42 Å². The van der Waals surface area contributed by atoms with Crippen LogP contribution < -0.4 is 5.11 Å². The fraction of sp³-hybridized carbons (Fsp3) is 0.235. The maximum absolute atomic E-state index is 12.6. The summed E-state index contributed by atoms with van der Waals surface area (Å²) in [6.45, 7) is 1.85. The normalized spacial score (nSPS) is 13.0. The van der Waals surface area contributed by atoms with E-state index in [0.717, 1.165) is 15.4 Å². The largest absolute Gasteiger partial charge is 0.548 e. The second kappa shape index (κ2) is 6.93. The third kappa shape index (κ3) is 3.97. The molecule has 23 heavy (non-hydrogen) atoms. The van der Waals surface area contributed by atoms with Gasteiger partial charge in [-0.05, 0) is 31.0 Å². The Bertz CT molecular complexity index is 770. The number of aryl methyl sites for hydroxylation is 1. The zero-order valence-electron chi connectivity index (χ0n) is 13.0. The van der Waals surface area contributed by atoms with E-state index in [0.29, 0.717) is 0 Å². The molecule has 0 unspecified atom stereocenters. The number of sulfonamides is 1. The number of carboxylic acid groups (broad SMARTS) is 1. The molecule has 2 aromatic carbocycles. The highest BCUT2D eigenvalue weighted by molar-refractivity contribution is 7.89. The van der Waals surface area contributed by atoms with Crippen molar-refractivity contribution in [1.82, 2.24) is 4.31 Å². The summed E-state index contributed by atoms with van der Waals surface area (Å²) in [6.07, 6.45) is 0.0464. The van der Waals surface area contributed by atoms with Crippen LogP contribution in [0.2, 0.25) is 0 Å². The molecule has 0 spiro atoms. The average molecular weight is 332 g/mol. The van der Waals surface area contributed by atoms with Gasteiger partial charge >= 0.3 is 0 Å². The molecule has 6 heteroatoms. The maximum atomic E-state index is 12.6. The van der Waals surface area contributed by atoms with Crippen LogP contribution in [0.4, 0.5) is 0 Å². The maximum Gasteiger partial charge on any atom is 0.243 e. The third-order valence-electron chi connectivity index (χ3n) is 3.68. The van der Waals surface area contributed by atoms with Crippen LogP contribution in [0, 0.1) is 6.92 Å². The Morgan fingerprint density at radius 1 is 1.09 bits per heavy atom. The Hall–Kier alpha value is -2.18. The topological polar surface area (TPSA) is 77.5 Å². The summed E-state index contributed by atoms with van der Waals surface area (Å²) in [5.74, 6) is -1.42. The minimum atomic E-state index is -3.91. The van der Waals surface area contributed by atoms with Crippen molar-refractivity contribution < 1.29 is 18.3 Å². The highest BCUT2D eigenvalue weighted by Gasteiger charge is 2.29. The molecule has 0 aliphatic heterocycles. The molecule has 1 atom stereocenters. The lowest BCUT2D eigenvalue weighted by atomic mass is 10.1. The van der Waals surface area contributed by atoms with Crippen LogP contribution in [0.5, 0.6) is 0 Å². The van der Waals surface area contributed by atoms with Crippen molar-refractivity contribution in [3.63, 3.8) is 0 Å². The SMILES string of the molecule is Cc1ccc(S(=O)(=O)N(C)[C@@H](Cc2ccccc2)C(=O)[O-])cc1. The molecule has 122 valence electrons. The van der Waals surface area contributed by atoms with Gasteiger partial charge in [-0.15, -0.1) is 0 Å². The van der Waals surface area contributed by atoms with Crippen molar-refractivity contribution in [2.24, 2.45) is 0 Å². The fourth-order valence-corrected chi connectivity index (χ4v) is 3.55. The molecule has 0 radical (unpaired) electrons. The van der Waals surface area contributed by atoms with Crippen molar-refractivity contribution in [3.8, 4) is 0 Å². The van der Waals surface area contributed by atoms with Crippen molar-refractivity contribution in [2.45, 2.75) is 24.3 Å². The predicted octanol–water partition coefficient (Wildman–Crippen LogP) is 0.977. The number of aliphatic carboxylic acids is 1. The molecule has 0 aromatic heterocycles. The van der Waals surface area contributed by atoms with E-state index in [1.165, 1.54) is 19.2 Å². The number of benzene rings is 2. The van der Waals surface area contributed by atoms with E-state index in [1.807, 2.05) is 13.0 Å². The van der Waals surface area contributed by atoms with Gasteiger partial charge in [-0.1, -0.05) is 48.0 Å². The van der Waals surface area contributed by atoms with Crippen molar-refractivity contribution >= 4 is 16.0 Å². The Kier molecular flexibility index (Phi) is 5.18. The number of hydrogen-bond donors (Lipinski definition) is 0. The number of carbonyl (C=O) groups excluding carboxylic acids is 1. The number of nitrogens with zero attached hydrogens (tertiary/aromatic N) is 1. The highest BCUT2D eigenvalue weighted by Crippen LogP contribution is 2.19. The van der Waals surface area contributed by atoms with E-state index in [4.69, 9.17) is 0 Å². The Morgan fingerprint density at radius 2 is 1.65 bits per heavy atom. The predicted molar refractivity (Wildman–Crippen MR) is 85.1 cm³/mol. The van der Waals surface area contributed by atoms with Gasteiger partial charge in [-0.2, -0.15) is 4.31 Å². The molecule has 0 heterocycles. The quantitative estimate of drug-likeness (QED) is 0.790. The standard InChI is InChI=1S/C17H19NO4S/c1-13-8-10-15(11-9-13)23(21,22)18(2)16(17(19)20)12-14-6-4-3-5-7-14/h3-11,16H,12H2,1-2H3,(H,19,20)/p-1/t16-/m0/s1. The summed E-state index contributed by atoms with van der Waals surface area (Å²) in [6, 6.07) is 13.9. The van der Waals surface area contributed by atoms with Gasteiger partial charge in [0.25, 0.3) is 0 Å². The Morgan fingerprint density at radius 3 is 2.17 bits per heavy atom. The summed E-state index contributed by atoms with van der Waals surface area (Å²) >= 11 is 0. The van der Waals surface area contributed by atoms with E-state index < -0.39 is 22.0 Å². The molecular formula is C17H18NO4S-. The van der Waals surface area contributed by atoms with Gasteiger partial charge in [0.2, 0.25) is 10.0 Å².